The number of rotatable bonds is 9. The molecule has 0 aliphatic heterocycles. The summed E-state index contributed by atoms with van der Waals surface area (Å²) in [7, 11) is 4.79. The second-order valence-corrected chi connectivity index (χ2v) is 8.04. The zero-order valence-electron chi connectivity index (χ0n) is 17.0. The lowest BCUT2D eigenvalue weighted by atomic mass is 9.96. The number of benzene rings is 2. The van der Waals surface area contributed by atoms with Gasteiger partial charge in [0, 0.05) is 10.4 Å². The second-order valence-electron chi connectivity index (χ2n) is 7.02. The smallest absolute Gasteiger partial charge is 0.189 e. The summed E-state index contributed by atoms with van der Waals surface area (Å²) in [4.78, 5) is 12.5. The number of hydrogen-bond donors (Lipinski definition) is 0. The highest BCUT2D eigenvalue weighted by molar-refractivity contribution is 6.23. The van der Waals surface area contributed by atoms with Gasteiger partial charge in [-0.25, -0.2) is 0 Å². The Morgan fingerprint density at radius 3 is 2.21 bits per heavy atom. The van der Waals surface area contributed by atoms with E-state index in [1.807, 2.05) is 38.1 Å². The van der Waals surface area contributed by atoms with E-state index in [4.69, 9.17) is 25.8 Å². The molecule has 0 heterocycles. The highest BCUT2D eigenvalue weighted by atomic mass is 35.5. The van der Waals surface area contributed by atoms with Crippen LogP contribution in [-0.4, -0.2) is 32.0 Å². The quantitative estimate of drug-likeness (QED) is 0.313. The number of allylic oxidation sites excluding steroid dienone is 1. The minimum atomic E-state index is -0.357. The number of carbonyl (C=O) groups excluding carboxylic acids is 1. The van der Waals surface area contributed by atoms with Gasteiger partial charge in [0.2, 0.25) is 0 Å². The van der Waals surface area contributed by atoms with Crippen LogP contribution in [0.3, 0.4) is 0 Å². The van der Waals surface area contributed by atoms with Crippen LogP contribution in [0.1, 0.15) is 41.8 Å². The van der Waals surface area contributed by atoms with E-state index in [0.29, 0.717) is 23.5 Å². The summed E-state index contributed by atoms with van der Waals surface area (Å²) in [5.41, 5.74) is 2.25. The average Bonchev–Trinajstić information content (AvgIpc) is 2.69. The predicted octanol–water partition coefficient (Wildman–Crippen LogP) is 5.56. The first-order valence-electron chi connectivity index (χ1n) is 9.08. The van der Waals surface area contributed by atoms with Gasteiger partial charge >= 0.3 is 0 Å². The van der Waals surface area contributed by atoms with Crippen LogP contribution in [0.4, 0.5) is 0 Å². The van der Waals surface area contributed by atoms with E-state index in [1.54, 1.807) is 45.6 Å². The van der Waals surface area contributed by atoms with Crippen molar-refractivity contribution in [3.05, 3.63) is 59.2 Å². The molecule has 2 aromatic rings. The standard InChI is InChI=1S/C23H27ClO4/c1-23(2,24)15-14-19-21(27-4)13-11-18(22(19)28-5)20(25)12-8-16-6-9-17(26-3)10-7-16/h6-13H,14-15H2,1-5H3/b12-8+. The summed E-state index contributed by atoms with van der Waals surface area (Å²) in [6.07, 6.45) is 4.68. The third-order valence-corrected chi connectivity index (χ3v) is 4.61. The molecule has 0 bridgehead atoms. The largest absolute Gasteiger partial charge is 0.497 e. The van der Waals surface area contributed by atoms with E-state index < -0.39 is 0 Å². The molecule has 0 unspecified atom stereocenters. The second kappa shape index (κ2) is 9.65. The molecule has 0 saturated heterocycles. The van der Waals surface area contributed by atoms with Gasteiger partial charge in [0.25, 0.3) is 0 Å². The molecule has 28 heavy (non-hydrogen) atoms. The van der Waals surface area contributed by atoms with Crippen LogP contribution in [0.5, 0.6) is 17.2 Å². The summed E-state index contributed by atoms with van der Waals surface area (Å²) in [6.45, 7) is 3.92. The normalized spacial score (nSPS) is 11.5. The molecule has 0 N–H and O–H groups in total. The zero-order chi connectivity index (χ0) is 20.7. The molecule has 5 heteroatoms. The van der Waals surface area contributed by atoms with Crippen LogP contribution < -0.4 is 14.2 Å². The Labute approximate surface area is 172 Å². The van der Waals surface area contributed by atoms with Crippen molar-refractivity contribution in [3.63, 3.8) is 0 Å². The predicted molar refractivity (Wildman–Crippen MR) is 114 cm³/mol. The molecule has 2 aromatic carbocycles. The van der Waals surface area contributed by atoms with E-state index in [2.05, 4.69) is 0 Å². The molecule has 0 aliphatic rings. The fourth-order valence-electron chi connectivity index (χ4n) is 2.86. The SMILES string of the molecule is COc1ccc(/C=C/C(=O)c2ccc(OC)c(CCC(C)(C)Cl)c2OC)cc1. The van der Waals surface area contributed by atoms with Crippen LogP contribution in [0.15, 0.2) is 42.5 Å². The molecule has 0 aromatic heterocycles. The topological polar surface area (TPSA) is 44.8 Å². The summed E-state index contributed by atoms with van der Waals surface area (Å²) >= 11 is 6.35. The molecule has 0 atom stereocenters. The molecule has 0 spiro atoms. The van der Waals surface area contributed by atoms with Crippen molar-refractivity contribution in [1.82, 2.24) is 0 Å². The average molecular weight is 403 g/mol. The third-order valence-electron chi connectivity index (χ3n) is 4.42. The maximum atomic E-state index is 12.8. The van der Waals surface area contributed by atoms with Gasteiger partial charge in [-0.2, -0.15) is 0 Å². The lowest BCUT2D eigenvalue weighted by Gasteiger charge is -2.19. The van der Waals surface area contributed by atoms with E-state index >= 15 is 0 Å². The molecule has 0 aliphatic carbocycles. The first kappa shape index (κ1) is 21.8. The van der Waals surface area contributed by atoms with Gasteiger partial charge in [0.05, 0.1) is 26.9 Å². The van der Waals surface area contributed by atoms with Crippen molar-refractivity contribution in [2.75, 3.05) is 21.3 Å². The third kappa shape index (κ3) is 5.77. The van der Waals surface area contributed by atoms with Gasteiger partial charge in [0.15, 0.2) is 5.78 Å². The Bertz CT molecular complexity index is 833. The lowest BCUT2D eigenvalue weighted by Crippen LogP contribution is -2.13. The van der Waals surface area contributed by atoms with E-state index in [-0.39, 0.29) is 10.7 Å². The Morgan fingerprint density at radius 1 is 1.00 bits per heavy atom. The maximum absolute atomic E-state index is 12.8. The van der Waals surface area contributed by atoms with E-state index in [1.165, 1.54) is 0 Å². The first-order chi connectivity index (χ1) is 13.3. The van der Waals surface area contributed by atoms with Crippen molar-refractivity contribution in [1.29, 1.82) is 0 Å². The summed E-state index contributed by atoms with van der Waals surface area (Å²) in [6, 6.07) is 11.0. The Balaban J connectivity index is 2.32. The number of methoxy groups -OCH3 is 3. The van der Waals surface area contributed by atoms with Crippen molar-refractivity contribution in [3.8, 4) is 17.2 Å². The van der Waals surface area contributed by atoms with Gasteiger partial charge in [0.1, 0.15) is 17.2 Å². The van der Waals surface area contributed by atoms with Gasteiger partial charge in [-0.1, -0.05) is 18.2 Å². The van der Waals surface area contributed by atoms with Crippen LogP contribution in [0.2, 0.25) is 0 Å². The minimum absolute atomic E-state index is 0.137. The molecule has 2 rings (SSSR count). The van der Waals surface area contributed by atoms with Crippen LogP contribution >= 0.6 is 11.6 Å². The number of ketones is 1. The van der Waals surface area contributed by atoms with Gasteiger partial charge < -0.3 is 14.2 Å². The number of carbonyl (C=O) groups is 1. The molecular weight excluding hydrogens is 376 g/mol. The summed E-state index contributed by atoms with van der Waals surface area (Å²) in [5, 5.41) is 0. The van der Waals surface area contributed by atoms with Gasteiger partial charge in [-0.15, -0.1) is 11.6 Å². The fraction of sp³-hybridized carbons (Fsp3) is 0.348. The van der Waals surface area contributed by atoms with Crippen molar-refractivity contribution in [2.45, 2.75) is 31.6 Å². The Hall–Kier alpha value is -2.46. The Morgan fingerprint density at radius 2 is 1.68 bits per heavy atom. The summed E-state index contributed by atoms with van der Waals surface area (Å²) in [5.74, 6) is 1.85. The minimum Gasteiger partial charge on any atom is -0.497 e. The van der Waals surface area contributed by atoms with Crippen molar-refractivity contribution < 1.29 is 19.0 Å². The number of halogens is 1. The maximum Gasteiger partial charge on any atom is 0.189 e. The Kier molecular flexibility index (Phi) is 7.53. The van der Waals surface area contributed by atoms with Crippen molar-refractivity contribution in [2.24, 2.45) is 0 Å². The van der Waals surface area contributed by atoms with Crippen molar-refractivity contribution >= 4 is 23.5 Å². The summed E-state index contributed by atoms with van der Waals surface area (Å²) < 4.78 is 16.2. The van der Waals surface area contributed by atoms with E-state index in [9.17, 15) is 4.79 Å². The molecule has 0 radical (unpaired) electrons. The molecule has 0 saturated carbocycles. The molecular formula is C23H27ClO4. The highest BCUT2D eigenvalue weighted by Gasteiger charge is 2.21. The monoisotopic (exact) mass is 402 g/mol. The molecule has 0 fully saturated rings. The number of hydrogen-bond acceptors (Lipinski definition) is 4. The van der Waals surface area contributed by atoms with Crippen LogP contribution in [-0.2, 0) is 6.42 Å². The zero-order valence-corrected chi connectivity index (χ0v) is 17.8. The number of ether oxygens (including phenoxy) is 3. The molecule has 4 nitrogen and oxygen atoms in total. The number of alkyl halides is 1. The highest BCUT2D eigenvalue weighted by Crippen LogP contribution is 2.35. The van der Waals surface area contributed by atoms with Gasteiger partial charge in [-0.05, 0) is 62.6 Å². The fourth-order valence-corrected chi connectivity index (χ4v) is 2.96. The molecule has 0 amide bonds. The van der Waals surface area contributed by atoms with Gasteiger partial charge in [-0.3, -0.25) is 4.79 Å². The van der Waals surface area contributed by atoms with E-state index in [0.717, 1.165) is 23.3 Å². The first-order valence-corrected chi connectivity index (χ1v) is 9.46. The molecule has 150 valence electrons. The lowest BCUT2D eigenvalue weighted by molar-refractivity contribution is 0.104. The van der Waals surface area contributed by atoms with Crippen LogP contribution in [0.25, 0.3) is 6.08 Å². The van der Waals surface area contributed by atoms with Crippen LogP contribution in [0, 0.1) is 0 Å².